The first-order chi connectivity index (χ1) is 33.9. The van der Waals surface area contributed by atoms with Gasteiger partial charge in [-0.2, -0.15) is 0 Å². The Kier molecular flexibility index (Phi) is 13.0. The minimum absolute atomic E-state index is 0.194. The number of halogens is 2. The van der Waals surface area contributed by atoms with Gasteiger partial charge in [0.1, 0.15) is 11.5 Å². The van der Waals surface area contributed by atoms with Crippen molar-refractivity contribution in [3.8, 4) is 34.0 Å². The van der Waals surface area contributed by atoms with Crippen molar-refractivity contribution in [2.24, 2.45) is 0 Å². The molecule has 4 aromatic carbocycles. The quantitative estimate of drug-likeness (QED) is 0.0563. The van der Waals surface area contributed by atoms with Crippen LogP contribution in [0.15, 0.2) is 97.6 Å². The Balaban J connectivity index is 0.732. The number of benzene rings is 4. The summed E-state index contributed by atoms with van der Waals surface area (Å²) in [5.41, 5.74) is 21.6. The van der Waals surface area contributed by atoms with Gasteiger partial charge in [0.15, 0.2) is 5.78 Å². The first-order valence-electron chi connectivity index (χ1n) is 23.2. The number of aromatic nitrogens is 6. The van der Waals surface area contributed by atoms with E-state index in [0.29, 0.717) is 67.6 Å². The van der Waals surface area contributed by atoms with Crippen LogP contribution < -0.4 is 41.4 Å². The van der Waals surface area contributed by atoms with Crippen molar-refractivity contribution in [3.05, 3.63) is 108 Å². The molecular formula is C51H54Cl2N14O3. The topological polar surface area (TPSA) is 208 Å². The summed E-state index contributed by atoms with van der Waals surface area (Å²) >= 11 is 13.4. The number of nitrogens with two attached hydrogens (primary N) is 2. The van der Waals surface area contributed by atoms with Crippen LogP contribution in [0, 0.1) is 0 Å². The molecule has 0 radical (unpaired) electrons. The number of carbonyl (C=O) groups excluding carboxylic acids is 1. The van der Waals surface area contributed by atoms with E-state index in [9.17, 15) is 4.79 Å². The standard InChI is InChI=1S/C51H54Cl2N14O3/c1-29(64-13-17-66(18-14-64)33-7-9-35-37(25-56-41(35)23-33)47-39(52)27-58-50(62-47)60-43-21-31(54)5-11-45(43)69-3)49(68)30(2)65-15-19-67(20-16-65)34-8-10-36-38(26-57-42(36)24-34)48-40(53)28-59-51(63-48)61-44-22-32(55)6-12-46(44)70-4/h5-12,21-30,56-57H,13-20,54-55H2,1-4H3,(H,58,60,62)(H,59,61,63). The van der Waals surface area contributed by atoms with Crippen molar-refractivity contribution in [2.45, 2.75) is 25.9 Å². The van der Waals surface area contributed by atoms with Gasteiger partial charge in [0.2, 0.25) is 11.9 Å². The number of hydrogen-bond donors (Lipinski definition) is 6. The lowest BCUT2D eigenvalue weighted by Gasteiger charge is -2.42. The molecule has 17 nitrogen and oxygen atoms in total. The first-order valence-corrected chi connectivity index (χ1v) is 23.9. The SMILES string of the molecule is COc1ccc(N)cc1Nc1ncc(Cl)c(-c2c[nH]c3cc(N4CCN(C(C)C(=O)C(C)N5CCN(c6ccc7c(-c8nc(Nc9cc(N)ccc9OC)ncc8Cl)c[nH]c7c6)CC5)CC4)ccc23)n1. The summed E-state index contributed by atoms with van der Waals surface area (Å²) in [5, 5.41) is 9.28. The summed E-state index contributed by atoms with van der Waals surface area (Å²) in [4.78, 5) is 48.7. The van der Waals surface area contributed by atoms with E-state index in [4.69, 9.17) is 54.1 Å². The van der Waals surface area contributed by atoms with Gasteiger partial charge in [0.25, 0.3) is 0 Å². The lowest BCUT2D eigenvalue weighted by molar-refractivity contribution is -0.128. The molecule has 0 amide bonds. The van der Waals surface area contributed by atoms with Crippen LogP contribution in [0.3, 0.4) is 0 Å². The summed E-state index contributed by atoms with van der Waals surface area (Å²) in [7, 11) is 3.19. The van der Waals surface area contributed by atoms with Crippen LogP contribution in [0.1, 0.15) is 13.8 Å². The predicted molar refractivity (Wildman–Crippen MR) is 282 cm³/mol. The molecule has 6 heterocycles. The van der Waals surface area contributed by atoms with Crippen molar-refractivity contribution in [2.75, 3.05) is 98.5 Å². The summed E-state index contributed by atoms with van der Waals surface area (Å²) in [6.45, 7) is 10.5. The number of carbonyl (C=O) groups is 1. The van der Waals surface area contributed by atoms with E-state index in [1.807, 2.05) is 12.4 Å². The zero-order valence-corrected chi connectivity index (χ0v) is 40.8. The third-order valence-corrected chi connectivity index (χ3v) is 14.1. The number of nitrogens with zero attached hydrogens (tertiary/aromatic N) is 8. The molecule has 8 N–H and O–H groups in total. The van der Waals surface area contributed by atoms with E-state index in [2.05, 4.69) is 100 Å². The largest absolute Gasteiger partial charge is 0.495 e. The number of piperazine rings is 2. The van der Waals surface area contributed by atoms with E-state index in [1.165, 1.54) is 0 Å². The van der Waals surface area contributed by atoms with Crippen LogP contribution in [0.25, 0.3) is 44.3 Å². The number of nitrogens with one attached hydrogen (secondary N) is 4. The average molecular weight is 982 g/mol. The van der Waals surface area contributed by atoms with Gasteiger partial charge >= 0.3 is 0 Å². The lowest BCUT2D eigenvalue weighted by Crippen LogP contribution is -2.57. The van der Waals surface area contributed by atoms with E-state index < -0.39 is 0 Å². The van der Waals surface area contributed by atoms with Gasteiger partial charge in [-0.15, -0.1) is 0 Å². The molecule has 2 fully saturated rings. The van der Waals surface area contributed by atoms with E-state index in [0.717, 1.165) is 96.7 Å². The zero-order chi connectivity index (χ0) is 48.6. The zero-order valence-electron chi connectivity index (χ0n) is 39.3. The highest BCUT2D eigenvalue weighted by molar-refractivity contribution is 6.33. The molecule has 4 aromatic heterocycles. The molecule has 2 aliphatic rings. The monoisotopic (exact) mass is 980 g/mol. The number of hydrogen-bond acceptors (Lipinski definition) is 15. The number of fused-ring (bicyclic) bond motifs is 2. The Hall–Kier alpha value is -7.31. The van der Waals surface area contributed by atoms with Gasteiger partial charge in [-0.05, 0) is 74.5 Å². The normalized spacial score (nSPS) is 15.6. The maximum Gasteiger partial charge on any atom is 0.227 e. The fourth-order valence-electron chi connectivity index (χ4n) is 9.58. The molecule has 2 saturated heterocycles. The van der Waals surface area contributed by atoms with Gasteiger partial charge in [-0.3, -0.25) is 14.6 Å². The minimum atomic E-state index is -0.194. The molecule has 360 valence electrons. The average Bonchev–Trinajstić information content (AvgIpc) is 4.01. The number of Topliss-reactive ketones (excluding diaryl/α,β-unsaturated/α-hetero) is 1. The fourth-order valence-corrected chi connectivity index (χ4v) is 9.96. The molecule has 19 heteroatoms. The third kappa shape index (κ3) is 9.27. The van der Waals surface area contributed by atoms with Crippen molar-refractivity contribution >= 4 is 96.8 Å². The number of ether oxygens (including phenoxy) is 2. The van der Waals surface area contributed by atoms with E-state index in [-0.39, 0.29) is 17.9 Å². The van der Waals surface area contributed by atoms with Gasteiger partial charge in [0.05, 0.1) is 71.5 Å². The Morgan fingerprint density at radius 2 is 1.03 bits per heavy atom. The number of ketones is 1. The molecule has 0 spiro atoms. The molecule has 0 saturated carbocycles. The molecular weight excluding hydrogens is 928 g/mol. The predicted octanol–water partition coefficient (Wildman–Crippen LogP) is 8.83. The fraction of sp³-hybridized carbons (Fsp3) is 0.275. The second-order valence-corrected chi connectivity index (χ2v) is 18.4. The summed E-state index contributed by atoms with van der Waals surface area (Å²) in [5.74, 6) is 2.22. The molecule has 8 aromatic rings. The van der Waals surface area contributed by atoms with Gasteiger partial charge in [0, 0.05) is 120 Å². The minimum Gasteiger partial charge on any atom is -0.495 e. The number of H-pyrrole nitrogens is 2. The Bertz CT molecular complexity index is 3010. The number of rotatable bonds is 14. The molecule has 2 atom stereocenters. The van der Waals surface area contributed by atoms with Crippen LogP contribution in [0.4, 0.5) is 46.0 Å². The van der Waals surface area contributed by atoms with Crippen LogP contribution in [-0.4, -0.2) is 124 Å². The Morgan fingerprint density at radius 1 is 0.614 bits per heavy atom. The van der Waals surface area contributed by atoms with Gasteiger partial charge in [-0.1, -0.05) is 35.3 Å². The summed E-state index contributed by atoms with van der Waals surface area (Å²) in [6, 6.07) is 23.1. The van der Waals surface area contributed by atoms with E-state index >= 15 is 0 Å². The molecule has 2 aliphatic heterocycles. The maximum absolute atomic E-state index is 14.0. The summed E-state index contributed by atoms with van der Waals surface area (Å²) in [6.07, 6.45) is 7.02. The Labute approximate surface area is 415 Å². The molecule has 70 heavy (non-hydrogen) atoms. The van der Waals surface area contributed by atoms with Crippen LogP contribution in [0.5, 0.6) is 11.5 Å². The smallest absolute Gasteiger partial charge is 0.227 e. The molecule has 10 rings (SSSR count). The summed E-state index contributed by atoms with van der Waals surface area (Å²) < 4.78 is 11.0. The maximum atomic E-state index is 14.0. The van der Waals surface area contributed by atoms with E-state index in [1.54, 1.807) is 63.0 Å². The molecule has 0 aliphatic carbocycles. The highest BCUT2D eigenvalue weighted by atomic mass is 35.5. The van der Waals surface area contributed by atoms with Crippen molar-refractivity contribution in [3.63, 3.8) is 0 Å². The highest BCUT2D eigenvalue weighted by Gasteiger charge is 2.33. The first kappa shape index (κ1) is 46.4. The van der Waals surface area contributed by atoms with Crippen molar-refractivity contribution in [1.82, 2.24) is 39.7 Å². The second-order valence-electron chi connectivity index (χ2n) is 17.6. The van der Waals surface area contributed by atoms with Crippen LogP contribution in [-0.2, 0) is 4.79 Å². The number of anilines is 8. The van der Waals surface area contributed by atoms with Crippen molar-refractivity contribution in [1.29, 1.82) is 0 Å². The second kappa shape index (κ2) is 19.6. The molecule has 0 bridgehead atoms. The third-order valence-electron chi connectivity index (χ3n) is 13.5. The number of aromatic amines is 2. The van der Waals surface area contributed by atoms with Gasteiger partial charge in [-0.25, -0.2) is 19.9 Å². The van der Waals surface area contributed by atoms with Crippen LogP contribution >= 0.6 is 23.2 Å². The number of nitrogen functional groups attached to an aromatic ring is 2. The Morgan fingerprint density at radius 3 is 1.43 bits per heavy atom. The van der Waals surface area contributed by atoms with Crippen LogP contribution in [0.2, 0.25) is 10.0 Å². The number of methoxy groups -OCH3 is 2. The molecule has 2 unspecified atom stereocenters. The van der Waals surface area contributed by atoms with Gasteiger partial charge < -0.3 is 51.3 Å². The van der Waals surface area contributed by atoms with Crippen molar-refractivity contribution < 1.29 is 14.3 Å². The lowest BCUT2D eigenvalue weighted by atomic mass is 10.0. The highest BCUT2D eigenvalue weighted by Crippen LogP contribution is 2.38.